The van der Waals surface area contributed by atoms with E-state index in [1.54, 1.807) is 17.8 Å². The lowest BCUT2D eigenvalue weighted by Crippen LogP contribution is -2.39. The molecule has 0 amide bonds. The molecule has 4 rings (SSSR count). The number of halogens is 3. The van der Waals surface area contributed by atoms with E-state index in [1.165, 1.54) is 0 Å². The van der Waals surface area contributed by atoms with Gasteiger partial charge in [0.25, 0.3) is 0 Å². The van der Waals surface area contributed by atoms with E-state index in [4.69, 9.17) is 4.74 Å². The molecule has 0 saturated carbocycles. The molecule has 0 N–H and O–H groups in total. The minimum absolute atomic E-state index is 0.223. The SMILES string of the molecule is C=C(CCC(F)(F)F)c1nc(N2CCO[C@@H](c3cnn(C)c3)C2)nc2nc(C)c(C)nc12. The van der Waals surface area contributed by atoms with Crippen LogP contribution in [0, 0.1) is 13.8 Å². The van der Waals surface area contributed by atoms with E-state index in [0.717, 1.165) is 5.56 Å². The summed E-state index contributed by atoms with van der Waals surface area (Å²) in [7, 11) is 1.83. The first-order valence-corrected chi connectivity index (χ1v) is 10.2. The van der Waals surface area contributed by atoms with Crippen molar-refractivity contribution in [2.45, 2.75) is 39.0 Å². The number of fused-ring (bicyclic) bond motifs is 1. The molecule has 8 nitrogen and oxygen atoms in total. The summed E-state index contributed by atoms with van der Waals surface area (Å²) >= 11 is 0. The first-order valence-electron chi connectivity index (χ1n) is 10.2. The second kappa shape index (κ2) is 8.45. The molecular weight excluding hydrogens is 423 g/mol. The third-order valence-electron chi connectivity index (χ3n) is 5.42. The van der Waals surface area contributed by atoms with E-state index < -0.39 is 12.6 Å². The lowest BCUT2D eigenvalue weighted by Gasteiger charge is -2.32. The van der Waals surface area contributed by atoms with Gasteiger partial charge >= 0.3 is 6.18 Å². The number of morpholine rings is 1. The fraction of sp³-hybridized carbons (Fsp3) is 0.476. The zero-order valence-corrected chi connectivity index (χ0v) is 18.1. The Balaban J connectivity index is 1.71. The molecule has 1 aliphatic heterocycles. The molecule has 0 bridgehead atoms. The predicted octanol–water partition coefficient (Wildman–Crippen LogP) is 3.70. The lowest BCUT2D eigenvalue weighted by molar-refractivity contribution is -0.133. The molecule has 4 heterocycles. The van der Waals surface area contributed by atoms with Crippen LogP contribution in [0.2, 0.25) is 0 Å². The van der Waals surface area contributed by atoms with Crippen molar-refractivity contribution in [3.05, 3.63) is 41.6 Å². The van der Waals surface area contributed by atoms with Crippen LogP contribution in [-0.4, -0.2) is 55.6 Å². The Morgan fingerprint density at radius 3 is 2.62 bits per heavy atom. The van der Waals surface area contributed by atoms with Crippen molar-refractivity contribution in [1.29, 1.82) is 0 Å². The molecule has 1 atom stereocenters. The second-order valence-electron chi connectivity index (χ2n) is 7.91. The van der Waals surface area contributed by atoms with Crippen molar-refractivity contribution < 1.29 is 17.9 Å². The summed E-state index contributed by atoms with van der Waals surface area (Å²) in [6, 6.07) is 0. The van der Waals surface area contributed by atoms with E-state index in [-0.39, 0.29) is 18.1 Å². The van der Waals surface area contributed by atoms with Crippen molar-refractivity contribution in [2.24, 2.45) is 7.05 Å². The number of hydrogen-bond acceptors (Lipinski definition) is 7. The fourth-order valence-electron chi connectivity index (χ4n) is 3.54. The van der Waals surface area contributed by atoms with Gasteiger partial charge in [-0.25, -0.2) is 15.0 Å². The molecular formula is C21H24F3N7O. The third-order valence-corrected chi connectivity index (χ3v) is 5.42. The summed E-state index contributed by atoms with van der Waals surface area (Å²) in [4.78, 5) is 20.2. The number of alkyl halides is 3. The number of rotatable bonds is 5. The summed E-state index contributed by atoms with van der Waals surface area (Å²) in [6.45, 7) is 8.94. The maximum absolute atomic E-state index is 12.8. The van der Waals surface area contributed by atoms with Crippen molar-refractivity contribution in [2.75, 3.05) is 24.6 Å². The van der Waals surface area contributed by atoms with Gasteiger partial charge in [0.15, 0.2) is 5.65 Å². The van der Waals surface area contributed by atoms with E-state index >= 15 is 0 Å². The molecule has 0 spiro atoms. The molecule has 0 aliphatic carbocycles. The van der Waals surface area contributed by atoms with Gasteiger partial charge in [-0.2, -0.15) is 23.3 Å². The lowest BCUT2D eigenvalue weighted by atomic mass is 10.1. The Kier molecular flexibility index (Phi) is 5.85. The Labute approximate surface area is 183 Å². The van der Waals surface area contributed by atoms with Crippen LogP contribution in [0.1, 0.15) is 41.6 Å². The third kappa shape index (κ3) is 4.72. The zero-order chi connectivity index (χ0) is 23.0. The highest BCUT2D eigenvalue weighted by molar-refractivity contribution is 5.85. The van der Waals surface area contributed by atoms with Crippen LogP contribution in [0.25, 0.3) is 16.7 Å². The predicted molar refractivity (Wildman–Crippen MR) is 113 cm³/mol. The van der Waals surface area contributed by atoms with E-state index in [9.17, 15) is 13.2 Å². The van der Waals surface area contributed by atoms with Gasteiger partial charge in [-0.3, -0.25) is 4.68 Å². The Morgan fingerprint density at radius 2 is 1.94 bits per heavy atom. The molecule has 1 saturated heterocycles. The smallest absolute Gasteiger partial charge is 0.370 e. The number of allylic oxidation sites excluding steroid dienone is 1. The molecule has 3 aromatic heterocycles. The molecule has 0 unspecified atom stereocenters. The molecule has 3 aromatic rings. The molecule has 0 radical (unpaired) electrons. The summed E-state index contributed by atoms with van der Waals surface area (Å²) in [5.41, 5.74) is 3.55. The van der Waals surface area contributed by atoms with Gasteiger partial charge in [0.05, 0.1) is 36.4 Å². The zero-order valence-electron chi connectivity index (χ0n) is 18.1. The number of hydrogen-bond donors (Lipinski definition) is 0. The highest BCUT2D eigenvalue weighted by atomic mass is 19.4. The highest BCUT2D eigenvalue weighted by Crippen LogP contribution is 2.31. The van der Waals surface area contributed by atoms with Crippen LogP contribution in [0.3, 0.4) is 0 Å². The minimum Gasteiger partial charge on any atom is -0.370 e. The molecule has 32 heavy (non-hydrogen) atoms. The van der Waals surface area contributed by atoms with Crippen LogP contribution >= 0.6 is 0 Å². The van der Waals surface area contributed by atoms with Crippen LogP contribution in [-0.2, 0) is 11.8 Å². The average Bonchev–Trinajstić information content (AvgIpc) is 3.18. The molecule has 11 heteroatoms. The molecule has 1 aliphatic rings. The molecule has 1 fully saturated rings. The first-order chi connectivity index (χ1) is 15.1. The number of anilines is 1. The van der Waals surface area contributed by atoms with Crippen molar-refractivity contribution in [1.82, 2.24) is 29.7 Å². The van der Waals surface area contributed by atoms with Crippen molar-refractivity contribution >= 4 is 22.7 Å². The van der Waals surface area contributed by atoms with Crippen LogP contribution in [0.15, 0.2) is 19.0 Å². The number of nitrogens with zero attached hydrogens (tertiary/aromatic N) is 7. The number of aromatic nitrogens is 6. The van der Waals surface area contributed by atoms with Crippen LogP contribution in [0.5, 0.6) is 0 Å². The van der Waals surface area contributed by atoms with Gasteiger partial charge < -0.3 is 9.64 Å². The van der Waals surface area contributed by atoms with Crippen LogP contribution in [0.4, 0.5) is 19.1 Å². The monoisotopic (exact) mass is 447 g/mol. The Morgan fingerprint density at radius 1 is 1.19 bits per heavy atom. The van der Waals surface area contributed by atoms with Gasteiger partial charge in [-0.15, -0.1) is 0 Å². The Hall–Kier alpha value is -3.08. The topological polar surface area (TPSA) is 81.9 Å². The fourth-order valence-corrected chi connectivity index (χ4v) is 3.54. The summed E-state index contributed by atoms with van der Waals surface area (Å²) < 4.78 is 46.0. The summed E-state index contributed by atoms with van der Waals surface area (Å²) in [5.74, 6) is 0.371. The van der Waals surface area contributed by atoms with Crippen molar-refractivity contribution in [3.8, 4) is 0 Å². The maximum Gasteiger partial charge on any atom is 0.389 e. The Bertz CT molecular complexity index is 1160. The minimum atomic E-state index is -4.28. The maximum atomic E-state index is 12.8. The highest BCUT2D eigenvalue weighted by Gasteiger charge is 2.29. The standard InChI is InChI=1S/C21H24F3N7O/c1-12(5-6-21(22,23)24)17-18-19(27-14(3)13(2)26-18)29-20(28-17)31-7-8-32-16(11-31)15-9-25-30(4)10-15/h9-10,16H,1,5-8,11H2,2-4H3/t16-/m1/s1. The summed E-state index contributed by atoms with van der Waals surface area (Å²) in [5, 5.41) is 4.19. The van der Waals surface area contributed by atoms with Gasteiger partial charge in [0, 0.05) is 31.8 Å². The van der Waals surface area contributed by atoms with E-state index in [1.807, 2.05) is 25.1 Å². The van der Waals surface area contributed by atoms with E-state index in [0.29, 0.717) is 53.9 Å². The number of ether oxygens (including phenoxy) is 1. The second-order valence-corrected chi connectivity index (χ2v) is 7.91. The molecule has 0 aromatic carbocycles. The molecule has 170 valence electrons. The van der Waals surface area contributed by atoms with Gasteiger partial charge in [-0.05, 0) is 25.8 Å². The normalized spacial score (nSPS) is 17.2. The largest absolute Gasteiger partial charge is 0.389 e. The van der Waals surface area contributed by atoms with Crippen LogP contribution < -0.4 is 4.90 Å². The average molecular weight is 447 g/mol. The first kappa shape index (κ1) is 22.1. The van der Waals surface area contributed by atoms with Gasteiger partial charge in [0.2, 0.25) is 5.95 Å². The van der Waals surface area contributed by atoms with Gasteiger partial charge in [0.1, 0.15) is 11.6 Å². The quantitative estimate of drug-likeness (QED) is 0.590. The van der Waals surface area contributed by atoms with E-state index in [2.05, 4.69) is 31.6 Å². The van der Waals surface area contributed by atoms with Gasteiger partial charge in [-0.1, -0.05) is 6.58 Å². The van der Waals surface area contributed by atoms with Crippen molar-refractivity contribution in [3.63, 3.8) is 0 Å². The number of aryl methyl sites for hydroxylation is 3. The summed E-state index contributed by atoms with van der Waals surface area (Å²) in [6.07, 6.45) is -2.13.